The van der Waals surface area contributed by atoms with Crippen molar-refractivity contribution in [3.8, 4) is 12.3 Å². The second-order valence-corrected chi connectivity index (χ2v) is 6.69. The lowest BCUT2D eigenvalue weighted by Gasteiger charge is -2.20. The molecule has 2 heterocycles. The highest BCUT2D eigenvalue weighted by Crippen LogP contribution is 2.38. The fourth-order valence-corrected chi connectivity index (χ4v) is 3.94. The molecule has 0 aliphatic rings. The molecule has 1 N–H and O–H groups in total. The Hall–Kier alpha value is -3.61. The molecule has 6 nitrogen and oxygen atoms in total. The standard InChI is InChI=1S/C22H19N5O/c1-4-14-9-13(2)20-18(15(10-23)11-25-20)19(14)21(28-3)22-26-16-7-5-6-8-17(16)27(22)12-24/h5-9,11,21,25H,4H2,1-3H3. The first-order chi connectivity index (χ1) is 13.6. The van der Waals surface area contributed by atoms with Crippen molar-refractivity contribution in [3.05, 3.63) is 64.6 Å². The van der Waals surface area contributed by atoms with Gasteiger partial charge >= 0.3 is 0 Å². The number of H-pyrrole nitrogens is 1. The van der Waals surface area contributed by atoms with E-state index in [2.05, 4.69) is 30.2 Å². The van der Waals surface area contributed by atoms with E-state index < -0.39 is 6.10 Å². The fourth-order valence-electron chi connectivity index (χ4n) is 3.94. The third-order valence-electron chi connectivity index (χ3n) is 5.20. The van der Waals surface area contributed by atoms with Crippen molar-refractivity contribution in [2.45, 2.75) is 26.4 Å². The van der Waals surface area contributed by atoms with Gasteiger partial charge in [0.05, 0.1) is 22.1 Å². The Balaban J connectivity index is 2.09. The number of para-hydroxylation sites is 2. The molecular weight excluding hydrogens is 350 g/mol. The molecular formula is C22H19N5O. The second kappa shape index (κ2) is 6.84. The van der Waals surface area contributed by atoms with E-state index in [9.17, 15) is 10.5 Å². The monoisotopic (exact) mass is 369 g/mol. The predicted octanol–water partition coefficient (Wildman–Crippen LogP) is 4.33. The van der Waals surface area contributed by atoms with Gasteiger partial charge in [0.25, 0.3) is 0 Å². The number of aromatic nitrogens is 3. The highest BCUT2D eigenvalue weighted by molar-refractivity contribution is 5.93. The third-order valence-corrected chi connectivity index (χ3v) is 5.20. The normalized spacial score (nSPS) is 12.2. The van der Waals surface area contributed by atoms with Gasteiger partial charge < -0.3 is 9.72 Å². The van der Waals surface area contributed by atoms with E-state index in [1.165, 1.54) is 4.57 Å². The number of ether oxygens (including phenoxy) is 1. The molecule has 0 bridgehead atoms. The van der Waals surface area contributed by atoms with Crippen molar-refractivity contribution >= 4 is 21.9 Å². The smallest absolute Gasteiger partial charge is 0.190 e. The van der Waals surface area contributed by atoms with Crippen LogP contribution in [0.4, 0.5) is 0 Å². The molecule has 1 atom stereocenters. The lowest BCUT2D eigenvalue weighted by Crippen LogP contribution is -2.13. The average molecular weight is 369 g/mol. The number of methoxy groups -OCH3 is 1. The van der Waals surface area contributed by atoms with Crippen LogP contribution < -0.4 is 0 Å². The van der Waals surface area contributed by atoms with Crippen LogP contribution in [-0.4, -0.2) is 21.6 Å². The summed E-state index contributed by atoms with van der Waals surface area (Å²) < 4.78 is 7.40. The highest BCUT2D eigenvalue weighted by atomic mass is 16.5. The van der Waals surface area contributed by atoms with Crippen LogP contribution in [0.5, 0.6) is 0 Å². The summed E-state index contributed by atoms with van der Waals surface area (Å²) >= 11 is 0. The molecule has 4 aromatic rings. The molecule has 0 aliphatic heterocycles. The minimum Gasteiger partial charge on any atom is -0.369 e. The zero-order valence-electron chi connectivity index (χ0n) is 15.9. The molecule has 4 rings (SSSR count). The summed E-state index contributed by atoms with van der Waals surface area (Å²) in [6.07, 6.45) is 4.14. The summed E-state index contributed by atoms with van der Waals surface area (Å²) in [6, 6.07) is 11.9. The molecule has 28 heavy (non-hydrogen) atoms. The SMILES string of the molecule is CCc1cc(C)c2[nH]cc(C#N)c2c1C(OC)c1nc2ccccc2n1C#N. The Morgan fingerprint density at radius 1 is 1.29 bits per heavy atom. The zero-order valence-corrected chi connectivity index (χ0v) is 15.9. The summed E-state index contributed by atoms with van der Waals surface area (Å²) in [6.45, 7) is 4.10. The summed E-state index contributed by atoms with van der Waals surface area (Å²) in [5.41, 5.74) is 5.96. The van der Waals surface area contributed by atoms with Gasteiger partial charge in [-0.2, -0.15) is 10.5 Å². The highest BCUT2D eigenvalue weighted by Gasteiger charge is 2.28. The minimum absolute atomic E-state index is 0.510. The van der Waals surface area contributed by atoms with E-state index in [1.54, 1.807) is 13.3 Å². The van der Waals surface area contributed by atoms with Crippen LogP contribution in [0.15, 0.2) is 36.5 Å². The number of hydrogen-bond donors (Lipinski definition) is 1. The lowest BCUT2D eigenvalue weighted by atomic mass is 9.92. The van der Waals surface area contributed by atoms with E-state index in [1.807, 2.05) is 31.2 Å². The van der Waals surface area contributed by atoms with E-state index in [4.69, 9.17) is 9.72 Å². The second-order valence-electron chi connectivity index (χ2n) is 6.69. The summed E-state index contributed by atoms with van der Waals surface area (Å²) in [5.74, 6) is 0.510. The van der Waals surface area contributed by atoms with Crippen LogP contribution in [0.25, 0.3) is 21.9 Å². The Morgan fingerprint density at radius 3 is 2.75 bits per heavy atom. The van der Waals surface area contributed by atoms with Crippen LogP contribution in [0.1, 0.15) is 41.1 Å². The van der Waals surface area contributed by atoms with Crippen molar-refractivity contribution in [2.75, 3.05) is 7.11 Å². The number of rotatable bonds is 4. The molecule has 0 saturated carbocycles. The van der Waals surface area contributed by atoms with E-state index in [-0.39, 0.29) is 0 Å². The Labute approximate surface area is 162 Å². The summed E-state index contributed by atoms with van der Waals surface area (Å²) in [7, 11) is 1.61. The van der Waals surface area contributed by atoms with Gasteiger partial charge in [0.2, 0.25) is 0 Å². The first-order valence-electron chi connectivity index (χ1n) is 9.08. The van der Waals surface area contributed by atoms with Gasteiger partial charge in [-0.05, 0) is 36.6 Å². The molecule has 0 aliphatic carbocycles. The van der Waals surface area contributed by atoms with Gasteiger partial charge in [0.1, 0.15) is 12.2 Å². The number of nitrogens with zero attached hydrogens (tertiary/aromatic N) is 4. The van der Waals surface area contributed by atoms with E-state index in [0.29, 0.717) is 11.4 Å². The third kappa shape index (κ3) is 2.47. The summed E-state index contributed by atoms with van der Waals surface area (Å²) in [4.78, 5) is 7.91. The largest absolute Gasteiger partial charge is 0.369 e. The van der Waals surface area contributed by atoms with Crippen LogP contribution in [0.2, 0.25) is 0 Å². The van der Waals surface area contributed by atoms with Crippen LogP contribution >= 0.6 is 0 Å². The van der Waals surface area contributed by atoms with E-state index in [0.717, 1.165) is 45.0 Å². The maximum atomic E-state index is 9.80. The van der Waals surface area contributed by atoms with Gasteiger partial charge in [0.15, 0.2) is 12.0 Å². The number of aryl methyl sites for hydroxylation is 2. The molecule has 0 saturated heterocycles. The average Bonchev–Trinajstić information content (AvgIpc) is 3.31. The molecule has 138 valence electrons. The Morgan fingerprint density at radius 2 is 2.07 bits per heavy atom. The number of nitriles is 2. The number of nitrogens with one attached hydrogen (secondary N) is 1. The van der Waals surface area contributed by atoms with Gasteiger partial charge in [-0.15, -0.1) is 0 Å². The van der Waals surface area contributed by atoms with Crippen LogP contribution in [-0.2, 0) is 11.2 Å². The quantitative estimate of drug-likeness (QED) is 0.580. The van der Waals surface area contributed by atoms with E-state index >= 15 is 0 Å². The molecule has 0 radical (unpaired) electrons. The summed E-state index contributed by atoms with van der Waals surface area (Å²) in [5, 5.41) is 20.3. The van der Waals surface area contributed by atoms with Gasteiger partial charge in [-0.1, -0.05) is 25.1 Å². The van der Waals surface area contributed by atoms with Crippen LogP contribution in [0.3, 0.4) is 0 Å². The molecule has 6 heteroatoms. The van der Waals surface area contributed by atoms with Gasteiger partial charge in [0, 0.05) is 24.3 Å². The van der Waals surface area contributed by atoms with Crippen molar-refractivity contribution in [1.82, 2.24) is 14.5 Å². The lowest BCUT2D eigenvalue weighted by molar-refractivity contribution is 0.129. The Kier molecular flexibility index (Phi) is 4.35. The molecule has 0 spiro atoms. The number of benzene rings is 2. The number of aromatic amines is 1. The maximum Gasteiger partial charge on any atom is 0.190 e. The van der Waals surface area contributed by atoms with Gasteiger partial charge in [-0.25, -0.2) is 9.55 Å². The molecule has 1 unspecified atom stereocenters. The molecule has 0 amide bonds. The number of hydrogen-bond acceptors (Lipinski definition) is 4. The molecule has 2 aromatic heterocycles. The van der Waals surface area contributed by atoms with Crippen molar-refractivity contribution in [2.24, 2.45) is 0 Å². The maximum absolute atomic E-state index is 9.80. The predicted molar refractivity (Wildman–Crippen MR) is 107 cm³/mol. The van der Waals surface area contributed by atoms with Crippen LogP contribution in [0, 0.1) is 29.7 Å². The first kappa shape index (κ1) is 17.8. The van der Waals surface area contributed by atoms with Crippen molar-refractivity contribution < 1.29 is 4.74 Å². The zero-order chi connectivity index (χ0) is 19.8. The first-order valence-corrected chi connectivity index (χ1v) is 9.08. The number of fused-ring (bicyclic) bond motifs is 2. The van der Waals surface area contributed by atoms with Crippen molar-refractivity contribution in [1.29, 1.82) is 10.5 Å². The molecule has 2 aromatic carbocycles. The minimum atomic E-state index is -0.576. The topological polar surface area (TPSA) is 90.4 Å². The fraction of sp³-hybridized carbons (Fsp3) is 0.227. The Bertz CT molecular complexity index is 1280. The number of imidazole rings is 1. The van der Waals surface area contributed by atoms with Crippen molar-refractivity contribution in [3.63, 3.8) is 0 Å². The molecule has 0 fully saturated rings. The van der Waals surface area contributed by atoms with Gasteiger partial charge in [-0.3, -0.25) is 0 Å².